The van der Waals surface area contributed by atoms with E-state index in [4.69, 9.17) is 5.73 Å². The van der Waals surface area contributed by atoms with Crippen LogP contribution in [0.5, 0.6) is 0 Å². The second-order valence-corrected chi connectivity index (χ2v) is 6.28. The van der Waals surface area contributed by atoms with E-state index in [9.17, 15) is 4.79 Å². The maximum Gasteiger partial charge on any atom is 0.267 e. The molecule has 0 aromatic carbocycles. The number of carbonyl (C=O) groups excluding carboxylic acids is 1. The van der Waals surface area contributed by atoms with Crippen molar-refractivity contribution in [1.29, 1.82) is 0 Å². The fourth-order valence-corrected chi connectivity index (χ4v) is 2.85. The van der Waals surface area contributed by atoms with Crippen LogP contribution in [0.2, 0.25) is 0 Å². The summed E-state index contributed by atoms with van der Waals surface area (Å²) in [5.74, 6) is 1.05. The number of thiazole rings is 1. The van der Waals surface area contributed by atoms with Gasteiger partial charge in [-0.05, 0) is 31.6 Å². The van der Waals surface area contributed by atoms with E-state index in [0.717, 1.165) is 11.7 Å². The lowest BCUT2D eigenvalue weighted by molar-refractivity contribution is 0.0794. The molecule has 5 nitrogen and oxygen atoms in total. The molecule has 1 heterocycles. The quantitative estimate of drug-likeness (QED) is 0.852. The van der Waals surface area contributed by atoms with Crippen molar-refractivity contribution in [2.24, 2.45) is 5.92 Å². The van der Waals surface area contributed by atoms with Crippen LogP contribution in [-0.4, -0.2) is 35.4 Å². The molecule has 2 aliphatic carbocycles. The molecule has 3 N–H and O–H groups in total. The van der Waals surface area contributed by atoms with E-state index in [0.29, 0.717) is 22.7 Å². The molecule has 3 rings (SSSR count). The zero-order valence-electron chi connectivity index (χ0n) is 10.5. The summed E-state index contributed by atoms with van der Waals surface area (Å²) in [6, 6.07) is 0.530. The molecule has 98 valence electrons. The van der Waals surface area contributed by atoms with Gasteiger partial charge in [-0.25, -0.2) is 4.98 Å². The number of rotatable bonds is 5. The van der Waals surface area contributed by atoms with E-state index in [2.05, 4.69) is 10.3 Å². The van der Waals surface area contributed by atoms with Crippen LogP contribution in [-0.2, 0) is 0 Å². The highest BCUT2D eigenvalue weighted by Crippen LogP contribution is 2.33. The van der Waals surface area contributed by atoms with Crippen LogP contribution >= 0.6 is 11.3 Å². The number of hydrogen-bond donors (Lipinski definition) is 2. The first-order valence-electron chi connectivity index (χ1n) is 6.42. The first-order valence-corrected chi connectivity index (χ1v) is 7.23. The lowest BCUT2D eigenvalue weighted by atomic mass is 10.3. The summed E-state index contributed by atoms with van der Waals surface area (Å²) < 4.78 is 0. The average molecular weight is 266 g/mol. The number of aromatic nitrogens is 1. The van der Waals surface area contributed by atoms with E-state index in [-0.39, 0.29) is 5.91 Å². The Morgan fingerprint density at radius 1 is 1.50 bits per heavy atom. The third kappa shape index (κ3) is 2.58. The molecule has 0 aliphatic heterocycles. The van der Waals surface area contributed by atoms with Crippen LogP contribution in [0.4, 0.5) is 10.9 Å². The molecule has 0 bridgehead atoms. The van der Waals surface area contributed by atoms with Gasteiger partial charge in [0.15, 0.2) is 5.13 Å². The Balaban J connectivity index is 1.68. The lowest BCUT2D eigenvalue weighted by Crippen LogP contribution is -2.28. The van der Waals surface area contributed by atoms with Crippen molar-refractivity contribution in [3.8, 4) is 0 Å². The zero-order valence-corrected chi connectivity index (χ0v) is 11.3. The van der Waals surface area contributed by atoms with Crippen molar-refractivity contribution < 1.29 is 4.79 Å². The van der Waals surface area contributed by atoms with Gasteiger partial charge in [0.2, 0.25) is 0 Å². The molecule has 2 fully saturated rings. The summed E-state index contributed by atoms with van der Waals surface area (Å²) in [7, 11) is 1.84. The molecule has 2 saturated carbocycles. The minimum atomic E-state index is 0.000692. The highest BCUT2D eigenvalue weighted by Gasteiger charge is 2.28. The number of amides is 1. The molecular formula is C12H18N4OS. The number of nitrogen functional groups attached to an aromatic ring is 1. The molecule has 6 heteroatoms. The van der Waals surface area contributed by atoms with Gasteiger partial charge >= 0.3 is 0 Å². The number of nitrogens with two attached hydrogens (primary N) is 1. The standard InChI is InChI=1S/C12H18N4OS/c1-16(6-7-2-3-7)11(17)9-10(13)15-12(18-9)14-8-4-5-8/h7-8H,2-6,13H2,1H3,(H,14,15). The van der Waals surface area contributed by atoms with Crippen LogP contribution in [0.25, 0.3) is 0 Å². The van der Waals surface area contributed by atoms with E-state index in [1.807, 2.05) is 7.05 Å². The van der Waals surface area contributed by atoms with Gasteiger partial charge in [-0.15, -0.1) is 0 Å². The Labute approximate surface area is 110 Å². The predicted molar refractivity (Wildman–Crippen MR) is 72.9 cm³/mol. The SMILES string of the molecule is CN(CC1CC1)C(=O)c1sc(NC2CC2)nc1N. The van der Waals surface area contributed by atoms with E-state index in [1.165, 1.54) is 37.0 Å². The molecule has 0 radical (unpaired) electrons. The summed E-state index contributed by atoms with van der Waals surface area (Å²) in [6.07, 6.45) is 4.85. The number of hydrogen-bond acceptors (Lipinski definition) is 5. The van der Waals surface area contributed by atoms with Crippen LogP contribution in [0.3, 0.4) is 0 Å². The molecule has 0 saturated heterocycles. The maximum absolute atomic E-state index is 12.2. The largest absolute Gasteiger partial charge is 0.382 e. The van der Waals surface area contributed by atoms with E-state index >= 15 is 0 Å². The van der Waals surface area contributed by atoms with E-state index < -0.39 is 0 Å². The maximum atomic E-state index is 12.2. The fourth-order valence-electron chi connectivity index (χ4n) is 1.89. The predicted octanol–water partition coefficient (Wildman–Crippen LogP) is 1.78. The molecule has 18 heavy (non-hydrogen) atoms. The summed E-state index contributed by atoms with van der Waals surface area (Å²) in [5, 5.41) is 4.06. The van der Waals surface area contributed by atoms with Gasteiger partial charge in [0.1, 0.15) is 10.7 Å². The monoisotopic (exact) mass is 266 g/mol. The second kappa shape index (κ2) is 4.42. The van der Waals surface area contributed by atoms with Gasteiger partial charge < -0.3 is 16.0 Å². The molecule has 0 spiro atoms. The second-order valence-electron chi connectivity index (χ2n) is 5.28. The first kappa shape index (κ1) is 11.8. The van der Waals surface area contributed by atoms with Gasteiger partial charge in [0, 0.05) is 19.6 Å². The van der Waals surface area contributed by atoms with Crippen molar-refractivity contribution >= 4 is 28.2 Å². The van der Waals surface area contributed by atoms with Crippen molar-refractivity contribution in [3.05, 3.63) is 4.88 Å². The van der Waals surface area contributed by atoms with Crippen LogP contribution in [0.15, 0.2) is 0 Å². The van der Waals surface area contributed by atoms with Crippen LogP contribution < -0.4 is 11.1 Å². The topological polar surface area (TPSA) is 71.2 Å². The van der Waals surface area contributed by atoms with Gasteiger partial charge in [-0.2, -0.15) is 0 Å². The minimum Gasteiger partial charge on any atom is -0.382 e. The smallest absolute Gasteiger partial charge is 0.267 e. The summed E-state index contributed by atoms with van der Waals surface area (Å²) in [5.41, 5.74) is 5.83. The Kier molecular flexibility index (Phi) is 2.89. The summed E-state index contributed by atoms with van der Waals surface area (Å²) in [6.45, 7) is 0.835. The molecule has 1 amide bonds. The van der Waals surface area contributed by atoms with Gasteiger partial charge in [-0.3, -0.25) is 4.79 Å². The van der Waals surface area contributed by atoms with Crippen LogP contribution in [0, 0.1) is 5.92 Å². The normalized spacial score (nSPS) is 18.7. The average Bonchev–Trinajstić information content (AvgIpc) is 3.21. The Bertz CT molecular complexity index is 465. The van der Waals surface area contributed by atoms with Crippen molar-refractivity contribution in [2.45, 2.75) is 31.7 Å². The van der Waals surface area contributed by atoms with Gasteiger partial charge in [0.25, 0.3) is 5.91 Å². The molecular weight excluding hydrogens is 248 g/mol. The number of nitrogens with zero attached hydrogens (tertiary/aromatic N) is 2. The number of anilines is 2. The van der Waals surface area contributed by atoms with E-state index in [1.54, 1.807) is 4.90 Å². The van der Waals surface area contributed by atoms with Gasteiger partial charge in [-0.1, -0.05) is 11.3 Å². The molecule has 2 aliphatic rings. The van der Waals surface area contributed by atoms with Gasteiger partial charge in [0.05, 0.1) is 0 Å². The first-order chi connectivity index (χ1) is 8.63. The minimum absolute atomic E-state index is 0.000692. The Hall–Kier alpha value is -1.30. The molecule has 1 aromatic rings. The highest BCUT2D eigenvalue weighted by molar-refractivity contribution is 7.18. The number of carbonyl (C=O) groups is 1. The zero-order chi connectivity index (χ0) is 12.7. The summed E-state index contributed by atoms with van der Waals surface area (Å²) >= 11 is 1.37. The fraction of sp³-hybridized carbons (Fsp3) is 0.667. The van der Waals surface area contributed by atoms with Crippen LogP contribution in [0.1, 0.15) is 35.4 Å². The number of nitrogens with one attached hydrogen (secondary N) is 1. The van der Waals surface area contributed by atoms with Crippen molar-refractivity contribution in [1.82, 2.24) is 9.88 Å². The highest BCUT2D eigenvalue weighted by atomic mass is 32.1. The summed E-state index contributed by atoms with van der Waals surface area (Å²) in [4.78, 5) is 18.8. The lowest BCUT2D eigenvalue weighted by Gasteiger charge is -2.15. The Morgan fingerprint density at radius 2 is 2.22 bits per heavy atom. The molecule has 0 unspecified atom stereocenters. The van der Waals surface area contributed by atoms with Crippen molar-refractivity contribution in [3.63, 3.8) is 0 Å². The molecule has 1 aromatic heterocycles. The third-order valence-electron chi connectivity index (χ3n) is 3.33. The third-order valence-corrected chi connectivity index (χ3v) is 4.32. The Morgan fingerprint density at radius 3 is 2.83 bits per heavy atom. The molecule has 0 atom stereocenters. The van der Waals surface area contributed by atoms with Crippen molar-refractivity contribution in [2.75, 3.05) is 24.6 Å².